The summed E-state index contributed by atoms with van der Waals surface area (Å²) >= 11 is 0. The minimum absolute atomic E-state index is 0.0331. The van der Waals surface area contributed by atoms with Gasteiger partial charge in [-0.15, -0.1) is 0 Å². The highest BCUT2D eigenvalue weighted by molar-refractivity contribution is 5.95. The zero-order valence-electron chi connectivity index (χ0n) is 14.4. The standard InChI is InChI=1S/C19H29N3O2/c23-18(20-14-8-3-1-4-9-14)16-12-7-13-17(22-16)19(24)21-15-10-5-2-6-11-15/h7,12-16,22H,1-6,8-11H2,(H,20,23)(H,21,24). The summed E-state index contributed by atoms with van der Waals surface area (Å²) in [4.78, 5) is 24.9. The van der Waals surface area contributed by atoms with E-state index in [4.69, 9.17) is 0 Å². The maximum absolute atomic E-state index is 12.4. The number of rotatable bonds is 4. The Balaban J connectivity index is 1.49. The van der Waals surface area contributed by atoms with Crippen LogP contribution in [0.3, 0.4) is 0 Å². The molecule has 3 aliphatic rings. The van der Waals surface area contributed by atoms with Crippen molar-refractivity contribution in [2.45, 2.75) is 82.3 Å². The summed E-state index contributed by atoms with van der Waals surface area (Å²) in [6, 6.07) is 0.102. The molecular weight excluding hydrogens is 302 g/mol. The van der Waals surface area contributed by atoms with Crippen molar-refractivity contribution in [2.75, 3.05) is 0 Å². The van der Waals surface area contributed by atoms with Crippen molar-refractivity contribution in [2.24, 2.45) is 0 Å². The van der Waals surface area contributed by atoms with E-state index in [9.17, 15) is 9.59 Å². The Morgan fingerprint density at radius 2 is 1.46 bits per heavy atom. The van der Waals surface area contributed by atoms with E-state index in [1.54, 1.807) is 12.2 Å². The van der Waals surface area contributed by atoms with Gasteiger partial charge >= 0.3 is 0 Å². The van der Waals surface area contributed by atoms with Crippen LogP contribution in [0, 0.1) is 0 Å². The summed E-state index contributed by atoms with van der Waals surface area (Å²) in [7, 11) is 0. The lowest BCUT2D eigenvalue weighted by molar-refractivity contribution is -0.123. The Kier molecular flexibility index (Phi) is 5.94. The minimum Gasteiger partial charge on any atom is -0.366 e. The quantitative estimate of drug-likeness (QED) is 0.740. The minimum atomic E-state index is -0.455. The molecule has 0 spiro atoms. The first kappa shape index (κ1) is 17.1. The average Bonchev–Trinajstić information content (AvgIpc) is 2.63. The largest absolute Gasteiger partial charge is 0.366 e. The van der Waals surface area contributed by atoms with E-state index in [0.717, 1.165) is 25.7 Å². The fourth-order valence-corrected chi connectivity index (χ4v) is 3.87. The molecule has 1 atom stereocenters. The molecule has 2 saturated carbocycles. The molecule has 0 aromatic carbocycles. The van der Waals surface area contributed by atoms with Crippen LogP contribution in [0.15, 0.2) is 23.9 Å². The Morgan fingerprint density at radius 3 is 2.08 bits per heavy atom. The molecule has 5 heteroatoms. The molecule has 0 aromatic rings. The molecule has 2 amide bonds. The molecule has 1 unspecified atom stereocenters. The number of hydrogen-bond acceptors (Lipinski definition) is 3. The molecule has 0 radical (unpaired) electrons. The SMILES string of the molecule is O=C(NC1CCCCC1)C1=CC=CC(C(=O)NC2CCCCC2)N1. The summed E-state index contributed by atoms with van der Waals surface area (Å²) in [5.74, 6) is -0.129. The molecule has 1 aliphatic heterocycles. The third kappa shape index (κ3) is 4.62. The summed E-state index contributed by atoms with van der Waals surface area (Å²) in [6.45, 7) is 0. The van der Waals surface area contributed by atoms with Gasteiger partial charge in [-0.25, -0.2) is 0 Å². The van der Waals surface area contributed by atoms with E-state index in [2.05, 4.69) is 16.0 Å². The molecule has 2 aliphatic carbocycles. The van der Waals surface area contributed by atoms with E-state index in [1.807, 2.05) is 6.08 Å². The van der Waals surface area contributed by atoms with Gasteiger partial charge in [0, 0.05) is 12.1 Å². The molecule has 3 rings (SSSR count). The molecule has 2 fully saturated rings. The molecule has 1 heterocycles. The predicted octanol–water partition coefficient (Wildman–Crippen LogP) is 2.30. The molecule has 0 bridgehead atoms. The van der Waals surface area contributed by atoms with E-state index >= 15 is 0 Å². The molecule has 5 nitrogen and oxygen atoms in total. The highest BCUT2D eigenvalue weighted by atomic mass is 16.2. The van der Waals surface area contributed by atoms with Crippen LogP contribution in [0.5, 0.6) is 0 Å². The van der Waals surface area contributed by atoms with Gasteiger partial charge in [-0.05, 0) is 31.8 Å². The van der Waals surface area contributed by atoms with Gasteiger partial charge in [-0.3, -0.25) is 9.59 Å². The van der Waals surface area contributed by atoms with Crippen LogP contribution in [0.2, 0.25) is 0 Å². The second-order valence-corrected chi connectivity index (χ2v) is 7.24. The third-order valence-electron chi connectivity index (χ3n) is 5.30. The van der Waals surface area contributed by atoms with Crippen molar-refractivity contribution in [3.05, 3.63) is 23.9 Å². The summed E-state index contributed by atoms with van der Waals surface area (Å²) in [6.07, 6.45) is 16.9. The molecule has 132 valence electrons. The van der Waals surface area contributed by atoms with Crippen LogP contribution in [0.4, 0.5) is 0 Å². The number of dihydropyridines is 1. The molecule has 24 heavy (non-hydrogen) atoms. The van der Waals surface area contributed by atoms with E-state index < -0.39 is 6.04 Å². The van der Waals surface area contributed by atoms with Crippen molar-refractivity contribution < 1.29 is 9.59 Å². The number of allylic oxidation sites excluding steroid dienone is 2. The van der Waals surface area contributed by atoms with Crippen LogP contribution in [-0.2, 0) is 9.59 Å². The van der Waals surface area contributed by atoms with E-state index in [-0.39, 0.29) is 23.9 Å². The highest BCUT2D eigenvalue weighted by Crippen LogP contribution is 2.19. The summed E-state index contributed by atoms with van der Waals surface area (Å²) in [5, 5.41) is 9.29. The van der Waals surface area contributed by atoms with Gasteiger partial charge in [0.25, 0.3) is 5.91 Å². The molecule has 0 aromatic heterocycles. The first-order chi connectivity index (χ1) is 11.7. The molecule has 3 N–H and O–H groups in total. The van der Waals surface area contributed by atoms with Crippen molar-refractivity contribution in [1.29, 1.82) is 0 Å². The topological polar surface area (TPSA) is 70.2 Å². The third-order valence-corrected chi connectivity index (χ3v) is 5.30. The first-order valence-electron chi connectivity index (χ1n) is 9.48. The van der Waals surface area contributed by atoms with Gasteiger partial charge in [-0.2, -0.15) is 0 Å². The van der Waals surface area contributed by atoms with Gasteiger partial charge in [0.15, 0.2) is 0 Å². The smallest absolute Gasteiger partial charge is 0.267 e. The maximum atomic E-state index is 12.4. The first-order valence-corrected chi connectivity index (χ1v) is 9.48. The normalized spacial score (nSPS) is 25.5. The van der Waals surface area contributed by atoms with Crippen LogP contribution in [0.1, 0.15) is 64.2 Å². The van der Waals surface area contributed by atoms with Crippen molar-refractivity contribution in [1.82, 2.24) is 16.0 Å². The summed E-state index contributed by atoms with van der Waals surface area (Å²) in [5.41, 5.74) is 0.492. The van der Waals surface area contributed by atoms with Gasteiger partial charge in [0.2, 0.25) is 5.91 Å². The van der Waals surface area contributed by atoms with E-state index in [0.29, 0.717) is 5.70 Å². The number of hydrogen-bond donors (Lipinski definition) is 3. The van der Waals surface area contributed by atoms with Crippen molar-refractivity contribution in [3.63, 3.8) is 0 Å². The second kappa shape index (κ2) is 8.36. The Labute approximate surface area is 144 Å². The maximum Gasteiger partial charge on any atom is 0.267 e. The number of carbonyl (C=O) groups is 2. The number of amides is 2. The zero-order chi connectivity index (χ0) is 16.8. The van der Waals surface area contributed by atoms with Crippen molar-refractivity contribution in [3.8, 4) is 0 Å². The summed E-state index contributed by atoms with van der Waals surface area (Å²) < 4.78 is 0. The second-order valence-electron chi connectivity index (χ2n) is 7.24. The average molecular weight is 331 g/mol. The lowest BCUT2D eigenvalue weighted by Crippen LogP contribution is -2.50. The number of nitrogens with one attached hydrogen (secondary N) is 3. The molecular formula is C19H29N3O2. The van der Waals surface area contributed by atoms with Gasteiger partial charge < -0.3 is 16.0 Å². The fraction of sp³-hybridized carbons (Fsp3) is 0.684. The predicted molar refractivity (Wildman–Crippen MR) is 94.2 cm³/mol. The van der Waals surface area contributed by atoms with Crippen LogP contribution < -0.4 is 16.0 Å². The van der Waals surface area contributed by atoms with Crippen LogP contribution in [0.25, 0.3) is 0 Å². The van der Waals surface area contributed by atoms with Gasteiger partial charge in [0.1, 0.15) is 11.7 Å². The Morgan fingerprint density at radius 1 is 0.875 bits per heavy atom. The van der Waals surface area contributed by atoms with Crippen LogP contribution in [-0.4, -0.2) is 29.9 Å². The Hall–Kier alpha value is -1.78. The van der Waals surface area contributed by atoms with Crippen LogP contribution >= 0.6 is 0 Å². The van der Waals surface area contributed by atoms with Crippen molar-refractivity contribution >= 4 is 11.8 Å². The van der Waals surface area contributed by atoms with E-state index in [1.165, 1.54) is 38.5 Å². The number of carbonyl (C=O) groups excluding carboxylic acids is 2. The zero-order valence-corrected chi connectivity index (χ0v) is 14.4. The Bertz CT molecular complexity index is 515. The lowest BCUT2D eigenvalue weighted by atomic mass is 9.95. The lowest BCUT2D eigenvalue weighted by Gasteiger charge is -2.27. The highest BCUT2D eigenvalue weighted by Gasteiger charge is 2.25. The van der Waals surface area contributed by atoms with Gasteiger partial charge in [0.05, 0.1) is 0 Å². The molecule has 0 saturated heterocycles. The fourth-order valence-electron chi connectivity index (χ4n) is 3.87. The van der Waals surface area contributed by atoms with Gasteiger partial charge in [-0.1, -0.05) is 50.7 Å². The monoisotopic (exact) mass is 331 g/mol.